The number of anilines is 1. The molecule has 4 nitrogen and oxygen atoms in total. The van der Waals surface area contributed by atoms with E-state index >= 15 is 0 Å². The maximum atomic E-state index is 12.7. The van der Waals surface area contributed by atoms with E-state index < -0.39 is 12.6 Å². The highest BCUT2D eigenvalue weighted by Gasteiger charge is 2.35. The summed E-state index contributed by atoms with van der Waals surface area (Å²) in [5.41, 5.74) is 0.395. The summed E-state index contributed by atoms with van der Waals surface area (Å²) in [4.78, 5) is 3.80. The number of pyridine rings is 1. The Hall–Kier alpha value is -1.99. The van der Waals surface area contributed by atoms with Gasteiger partial charge in [0.2, 0.25) is 0 Å². The normalized spacial score (nSPS) is 12.8. The Bertz CT molecular complexity index is 637. The predicted octanol–water partition coefficient (Wildman–Crippen LogP) is 4.39. The number of hydrogen-bond donors (Lipinski definition) is 1. The lowest BCUT2D eigenvalue weighted by Crippen LogP contribution is -2.24. The Balaban J connectivity index is 2.37. The third-order valence-electron chi connectivity index (χ3n) is 2.72. The molecule has 2 rings (SSSR count). The molecule has 0 bridgehead atoms. The molecule has 0 aliphatic carbocycles. The van der Waals surface area contributed by atoms with Gasteiger partial charge in [-0.3, -0.25) is 4.74 Å². The molecule has 0 saturated heterocycles. The number of benzene rings is 1. The zero-order valence-electron chi connectivity index (χ0n) is 11.4. The molecule has 0 amide bonds. The van der Waals surface area contributed by atoms with Gasteiger partial charge in [0.1, 0.15) is 5.75 Å². The fourth-order valence-electron chi connectivity index (χ4n) is 1.82. The number of aromatic nitrogens is 1. The second-order valence-corrected chi connectivity index (χ2v) is 4.53. The number of ether oxygens (including phenoxy) is 2. The topological polar surface area (TPSA) is 43.4 Å². The first-order valence-electron chi connectivity index (χ1n) is 6.15. The average molecular weight is 333 g/mol. The van der Waals surface area contributed by atoms with Crippen LogP contribution in [-0.2, 0) is 4.74 Å². The van der Waals surface area contributed by atoms with Crippen LogP contribution in [0.3, 0.4) is 0 Å². The van der Waals surface area contributed by atoms with Gasteiger partial charge < -0.3 is 10.1 Å². The molecule has 0 fully saturated rings. The molecular formula is C14H12ClF3N2O2. The van der Waals surface area contributed by atoms with Gasteiger partial charge in [0.25, 0.3) is 0 Å². The molecule has 0 aliphatic heterocycles. The average Bonchev–Trinajstić information content (AvgIpc) is 2.47. The van der Waals surface area contributed by atoms with Gasteiger partial charge in [0.15, 0.2) is 11.4 Å². The largest absolute Gasteiger partial charge is 0.524 e. The molecule has 2 aromatic rings. The minimum atomic E-state index is -4.84. The summed E-state index contributed by atoms with van der Waals surface area (Å²) in [5.74, 6) is 0.254. The Morgan fingerprint density at radius 1 is 1.18 bits per heavy atom. The lowest BCUT2D eigenvalue weighted by Gasteiger charge is -2.23. The highest BCUT2D eigenvalue weighted by Crippen LogP contribution is 2.34. The maximum absolute atomic E-state index is 12.7. The van der Waals surface area contributed by atoms with E-state index in [1.54, 1.807) is 18.2 Å². The Kier molecular flexibility index (Phi) is 5.10. The molecule has 0 radical (unpaired) electrons. The first-order chi connectivity index (χ1) is 10.4. The van der Waals surface area contributed by atoms with E-state index in [0.29, 0.717) is 0 Å². The second-order valence-electron chi connectivity index (χ2n) is 4.17. The molecule has 1 atom stereocenters. The van der Waals surface area contributed by atoms with Crippen LogP contribution < -0.4 is 10.1 Å². The Morgan fingerprint density at radius 2 is 1.91 bits per heavy atom. The van der Waals surface area contributed by atoms with E-state index in [0.717, 1.165) is 0 Å². The first-order valence-corrected chi connectivity index (χ1v) is 6.53. The van der Waals surface area contributed by atoms with Crippen LogP contribution in [-0.4, -0.2) is 18.5 Å². The fourth-order valence-corrected chi connectivity index (χ4v) is 2.00. The highest BCUT2D eigenvalue weighted by molar-refractivity contribution is 6.31. The number of halogens is 4. The third-order valence-corrected chi connectivity index (χ3v) is 3.02. The van der Waals surface area contributed by atoms with Crippen LogP contribution in [0.2, 0.25) is 5.15 Å². The van der Waals surface area contributed by atoms with Crippen LogP contribution in [0.15, 0.2) is 42.6 Å². The van der Waals surface area contributed by atoms with Gasteiger partial charge in [-0.15, -0.1) is 13.2 Å². The van der Waals surface area contributed by atoms with E-state index in [2.05, 4.69) is 15.0 Å². The minimum absolute atomic E-state index is 0.0353. The summed E-state index contributed by atoms with van der Waals surface area (Å²) in [6.45, 7) is 0. The quantitative estimate of drug-likeness (QED) is 0.651. The molecule has 1 unspecified atom stereocenters. The number of nitrogens with one attached hydrogen (secondary N) is 1. The second kappa shape index (κ2) is 6.85. The summed E-state index contributed by atoms with van der Waals surface area (Å²) in [6.07, 6.45) is -4.94. The van der Waals surface area contributed by atoms with Gasteiger partial charge >= 0.3 is 6.36 Å². The van der Waals surface area contributed by atoms with Gasteiger partial charge in [-0.1, -0.05) is 29.8 Å². The van der Waals surface area contributed by atoms with Crippen molar-refractivity contribution in [1.82, 2.24) is 4.98 Å². The third kappa shape index (κ3) is 4.25. The SMILES string of the molecule is COc1ccccc1C(Nc1cccnc1Cl)OC(F)(F)F. The van der Waals surface area contributed by atoms with Crippen LogP contribution in [0, 0.1) is 0 Å². The van der Waals surface area contributed by atoms with Crippen LogP contribution >= 0.6 is 11.6 Å². The highest BCUT2D eigenvalue weighted by atomic mass is 35.5. The Morgan fingerprint density at radius 3 is 2.55 bits per heavy atom. The summed E-state index contributed by atoms with van der Waals surface area (Å²) >= 11 is 5.86. The van der Waals surface area contributed by atoms with Crippen molar-refractivity contribution in [2.45, 2.75) is 12.6 Å². The number of methoxy groups -OCH3 is 1. The standard InChI is InChI=1S/C14H12ClF3N2O2/c1-21-11-7-3-2-5-9(11)13(22-14(16,17)18)20-10-6-4-8-19-12(10)15/h2-8,13,20H,1H3. The maximum Gasteiger partial charge on any atom is 0.524 e. The summed E-state index contributed by atoms with van der Waals surface area (Å²) in [7, 11) is 1.36. The number of alkyl halides is 3. The smallest absolute Gasteiger partial charge is 0.496 e. The number of hydrogen-bond acceptors (Lipinski definition) is 4. The molecule has 1 heterocycles. The molecule has 0 spiro atoms. The minimum Gasteiger partial charge on any atom is -0.496 e. The first kappa shape index (κ1) is 16.4. The molecule has 1 aromatic heterocycles. The van der Waals surface area contributed by atoms with E-state index in [1.165, 1.54) is 31.5 Å². The van der Waals surface area contributed by atoms with E-state index in [4.69, 9.17) is 16.3 Å². The molecule has 22 heavy (non-hydrogen) atoms. The Labute approximate surface area is 129 Å². The van der Waals surface area contributed by atoms with Crippen molar-refractivity contribution in [3.05, 3.63) is 53.3 Å². The number of nitrogens with zero attached hydrogens (tertiary/aromatic N) is 1. The monoisotopic (exact) mass is 332 g/mol. The van der Waals surface area contributed by atoms with Crippen molar-refractivity contribution in [3.8, 4) is 5.75 Å². The zero-order chi connectivity index (χ0) is 16.2. The van der Waals surface area contributed by atoms with Crippen molar-refractivity contribution in [3.63, 3.8) is 0 Å². The van der Waals surface area contributed by atoms with E-state index in [1.807, 2.05) is 0 Å². The van der Waals surface area contributed by atoms with E-state index in [-0.39, 0.29) is 22.2 Å². The van der Waals surface area contributed by atoms with Gasteiger partial charge in [-0.05, 0) is 18.2 Å². The lowest BCUT2D eigenvalue weighted by atomic mass is 10.1. The molecule has 118 valence electrons. The number of rotatable bonds is 5. The molecule has 0 saturated carbocycles. The predicted molar refractivity (Wildman–Crippen MR) is 75.7 cm³/mol. The molecule has 1 N–H and O–H groups in total. The van der Waals surface area contributed by atoms with Gasteiger partial charge in [0, 0.05) is 11.8 Å². The van der Waals surface area contributed by atoms with Crippen molar-refractivity contribution < 1.29 is 22.6 Å². The van der Waals surface area contributed by atoms with Crippen LogP contribution in [0.25, 0.3) is 0 Å². The zero-order valence-corrected chi connectivity index (χ0v) is 12.2. The summed E-state index contributed by atoms with van der Waals surface area (Å²) in [6, 6.07) is 9.26. The summed E-state index contributed by atoms with van der Waals surface area (Å²) in [5, 5.41) is 2.61. The number of para-hydroxylation sites is 1. The fraction of sp³-hybridized carbons (Fsp3) is 0.214. The van der Waals surface area contributed by atoms with Crippen molar-refractivity contribution >= 4 is 17.3 Å². The summed E-state index contributed by atoms with van der Waals surface area (Å²) < 4.78 is 47.3. The molecule has 0 aliphatic rings. The van der Waals surface area contributed by atoms with Crippen molar-refractivity contribution in [2.75, 3.05) is 12.4 Å². The van der Waals surface area contributed by atoms with E-state index in [9.17, 15) is 13.2 Å². The van der Waals surface area contributed by atoms with Crippen molar-refractivity contribution in [2.24, 2.45) is 0 Å². The molecular weight excluding hydrogens is 321 g/mol. The molecule has 8 heteroatoms. The van der Waals surface area contributed by atoms with Crippen LogP contribution in [0.1, 0.15) is 11.8 Å². The lowest BCUT2D eigenvalue weighted by molar-refractivity contribution is -0.341. The van der Waals surface area contributed by atoms with Crippen LogP contribution in [0.4, 0.5) is 18.9 Å². The van der Waals surface area contributed by atoms with Gasteiger partial charge in [-0.25, -0.2) is 4.98 Å². The van der Waals surface area contributed by atoms with Crippen LogP contribution in [0.5, 0.6) is 5.75 Å². The molecule has 1 aromatic carbocycles. The van der Waals surface area contributed by atoms with Gasteiger partial charge in [0.05, 0.1) is 12.8 Å². The van der Waals surface area contributed by atoms with Gasteiger partial charge in [-0.2, -0.15) is 0 Å². The van der Waals surface area contributed by atoms with Crippen molar-refractivity contribution in [1.29, 1.82) is 0 Å².